The number of carbonyl (C=O) groups excluding carboxylic acids is 1. The summed E-state index contributed by atoms with van der Waals surface area (Å²) in [5.74, 6) is 2.98. The molecule has 0 radical (unpaired) electrons. The first-order valence-electron chi connectivity index (χ1n) is 4.41. The molecule has 0 saturated carbocycles. The lowest BCUT2D eigenvalue weighted by Crippen LogP contribution is -1.95. The summed E-state index contributed by atoms with van der Waals surface area (Å²) in [5, 5.41) is 6.92. The Morgan fingerprint density at radius 2 is 2.62 bits per heavy atom. The SMILES string of the molecule is CC(=O)c1cc(C2CCSC2)[nH]n1. The second-order valence-corrected chi connectivity index (χ2v) is 4.48. The number of H-pyrrole nitrogens is 1. The number of aromatic nitrogens is 2. The van der Waals surface area contributed by atoms with Crippen molar-refractivity contribution >= 4 is 17.5 Å². The third-order valence-corrected chi connectivity index (χ3v) is 3.49. The van der Waals surface area contributed by atoms with Gasteiger partial charge in [0.25, 0.3) is 0 Å². The summed E-state index contributed by atoms with van der Waals surface area (Å²) in [4.78, 5) is 11.0. The molecule has 2 rings (SSSR count). The molecule has 1 atom stereocenters. The number of nitrogens with zero attached hydrogens (tertiary/aromatic N) is 1. The number of Topliss-reactive ketones (excluding diaryl/α,β-unsaturated/α-hetero) is 1. The summed E-state index contributed by atoms with van der Waals surface area (Å²) in [6.45, 7) is 1.54. The zero-order chi connectivity index (χ0) is 9.26. The molecule has 0 spiro atoms. The van der Waals surface area contributed by atoms with Crippen molar-refractivity contribution in [1.29, 1.82) is 0 Å². The molecule has 1 unspecified atom stereocenters. The fourth-order valence-electron chi connectivity index (χ4n) is 1.51. The highest BCUT2D eigenvalue weighted by Crippen LogP contribution is 2.31. The maximum atomic E-state index is 11.0. The maximum absolute atomic E-state index is 11.0. The Hall–Kier alpha value is -0.770. The van der Waals surface area contributed by atoms with E-state index in [9.17, 15) is 4.79 Å². The van der Waals surface area contributed by atoms with E-state index in [-0.39, 0.29) is 5.78 Å². The Morgan fingerprint density at radius 3 is 3.15 bits per heavy atom. The number of rotatable bonds is 2. The summed E-state index contributed by atoms with van der Waals surface area (Å²) in [6.07, 6.45) is 1.20. The average molecular weight is 196 g/mol. The van der Waals surface area contributed by atoms with Crippen LogP contribution < -0.4 is 0 Å². The summed E-state index contributed by atoms with van der Waals surface area (Å²) in [5.41, 5.74) is 1.68. The first-order valence-corrected chi connectivity index (χ1v) is 5.57. The molecule has 1 fully saturated rings. The van der Waals surface area contributed by atoms with Crippen LogP contribution in [0.1, 0.15) is 35.4 Å². The van der Waals surface area contributed by atoms with Gasteiger partial charge in [-0.05, 0) is 18.2 Å². The van der Waals surface area contributed by atoms with Gasteiger partial charge in [0.1, 0.15) is 5.69 Å². The summed E-state index contributed by atoms with van der Waals surface area (Å²) < 4.78 is 0. The predicted molar refractivity (Wildman–Crippen MR) is 53.3 cm³/mol. The molecule has 0 bridgehead atoms. The van der Waals surface area contributed by atoms with Crippen molar-refractivity contribution < 1.29 is 4.79 Å². The van der Waals surface area contributed by atoms with Gasteiger partial charge in [0.05, 0.1) is 0 Å². The average Bonchev–Trinajstić information content (AvgIpc) is 2.75. The van der Waals surface area contributed by atoms with Gasteiger partial charge in [-0.15, -0.1) is 0 Å². The minimum Gasteiger partial charge on any atom is -0.293 e. The Balaban J connectivity index is 2.16. The van der Waals surface area contributed by atoms with Gasteiger partial charge in [-0.1, -0.05) is 0 Å². The van der Waals surface area contributed by atoms with E-state index in [1.165, 1.54) is 12.2 Å². The zero-order valence-electron chi connectivity index (χ0n) is 7.54. The van der Waals surface area contributed by atoms with Gasteiger partial charge in [-0.2, -0.15) is 16.9 Å². The number of hydrogen-bond donors (Lipinski definition) is 1. The van der Waals surface area contributed by atoms with E-state index in [0.717, 1.165) is 11.4 Å². The Bertz CT molecular complexity index is 315. The molecule has 4 heteroatoms. The van der Waals surface area contributed by atoms with Crippen molar-refractivity contribution in [2.75, 3.05) is 11.5 Å². The van der Waals surface area contributed by atoms with E-state index in [1.807, 2.05) is 17.8 Å². The third kappa shape index (κ3) is 1.77. The number of nitrogens with one attached hydrogen (secondary N) is 1. The van der Waals surface area contributed by atoms with Crippen LogP contribution in [-0.4, -0.2) is 27.5 Å². The molecule has 1 aromatic rings. The lowest BCUT2D eigenvalue weighted by Gasteiger charge is -2.02. The first kappa shape index (κ1) is 8.81. The second kappa shape index (κ2) is 3.54. The standard InChI is InChI=1S/C9H12N2OS/c1-6(12)8-4-9(11-10-8)7-2-3-13-5-7/h4,7H,2-3,5H2,1H3,(H,10,11). The monoisotopic (exact) mass is 196 g/mol. The fraction of sp³-hybridized carbons (Fsp3) is 0.556. The largest absolute Gasteiger partial charge is 0.293 e. The van der Waals surface area contributed by atoms with Crippen LogP contribution in [0.5, 0.6) is 0 Å². The smallest absolute Gasteiger partial charge is 0.179 e. The maximum Gasteiger partial charge on any atom is 0.179 e. The van der Waals surface area contributed by atoms with Gasteiger partial charge in [-0.25, -0.2) is 0 Å². The van der Waals surface area contributed by atoms with Crippen LogP contribution in [0.15, 0.2) is 6.07 Å². The number of ketones is 1. The molecular weight excluding hydrogens is 184 g/mol. The molecule has 2 heterocycles. The second-order valence-electron chi connectivity index (χ2n) is 3.33. The molecule has 0 aliphatic carbocycles. The molecule has 13 heavy (non-hydrogen) atoms. The topological polar surface area (TPSA) is 45.8 Å². The molecule has 1 aliphatic heterocycles. The van der Waals surface area contributed by atoms with E-state index in [4.69, 9.17) is 0 Å². The fourth-order valence-corrected chi connectivity index (χ4v) is 2.75. The van der Waals surface area contributed by atoms with E-state index >= 15 is 0 Å². The molecule has 1 aliphatic rings. The van der Waals surface area contributed by atoms with Crippen LogP contribution in [0.4, 0.5) is 0 Å². The lowest BCUT2D eigenvalue weighted by molar-refractivity contribution is 0.101. The molecular formula is C9H12N2OS. The van der Waals surface area contributed by atoms with Crippen molar-refractivity contribution in [2.24, 2.45) is 0 Å². The van der Waals surface area contributed by atoms with Crippen molar-refractivity contribution in [3.05, 3.63) is 17.5 Å². The van der Waals surface area contributed by atoms with Crippen molar-refractivity contribution in [1.82, 2.24) is 10.2 Å². The molecule has 3 nitrogen and oxygen atoms in total. The molecule has 0 amide bonds. The van der Waals surface area contributed by atoms with E-state index in [1.54, 1.807) is 6.92 Å². The summed E-state index contributed by atoms with van der Waals surface area (Å²) in [7, 11) is 0. The Morgan fingerprint density at radius 1 is 1.77 bits per heavy atom. The van der Waals surface area contributed by atoms with E-state index in [2.05, 4.69) is 10.2 Å². The quantitative estimate of drug-likeness (QED) is 0.734. The van der Waals surface area contributed by atoms with E-state index in [0.29, 0.717) is 11.6 Å². The zero-order valence-corrected chi connectivity index (χ0v) is 8.36. The number of thioether (sulfide) groups is 1. The number of carbonyl (C=O) groups is 1. The van der Waals surface area contributed by atoms with E-state index < -0.39 is 0 Å². The lowest BCUT2D eigenvalue weighted by atomic mass is 10.1. The highest BCUT2D eigenvalue weighted by Gasteiger charge is 2.20. The molecule has 1 aromatic heterocycles. The highest BCUT2D eigenvalue weighted by molar-refractivity contribution is 7.99. The van der Waals surface area contributed by atoms with Gasteiger partial charge >= 0.3 is 0 Å². The molecule has 1 N–H and O–H groups in total. The number of hydrogen-bond acceptors (Lipinski definition) is 3. The molecule has 1 saturated heterocycles. The van der Waals surface area contributed by atoms with Crippen molar-refractivity contribution in [3.63, 3.8) is 0 Å². The van der Waals surface area contributed by atoms with Crippen LogP contribution in [0, 0.1) is 0 Å². The van der Waals surface area contributed by atoms with Crippen LogP contribution >= 0.6 is 11.8 Å². The molecule has 0 aromatic carbocycles. The van der Waals surface area contributed by atoms with Crippen LogP contribution in [0.3, 0.4) is 0 Å². The van der Waals surface area contributed by atoms with Crippen LogP contribution in [0.2, 0.25) is 0 Å². The Labute approximate surface area is 81.3 Å². The number of aromatic amines is 1. The Kier molecular flexibility index (Phi) is 2.40. The van der Waals surface area contributed by atoms with Crippen LogP contribution in [-0.2, 0) is 0 Å². The van der Waals surface area contributed by atoms with Gasteiger partial charge < -0.3 is 0 Å². The van der Waals surface area contributed by atoms with Crippen LogP contribution in [0.25, 0.3) is 0 Å². The third-order valence-electron chi connectivity index (χ3n) is 2.33. The first-order chi connectivity index (χ1) is 6.27. The normalized spacial score (nSPS) is 22.1. The summed E-state index contributed by atoms with van der Waals surface area (Å²) in [6, 6.07) is 1.89. The van der Waals surface area contributed by atoms with Crippen molar-refractivity contribution in [2.45, 2.75) is 19.3 Å². The van der Waals surface area contributed by atoms with Crippen molar-refractivity contribution in [3.8, 4) is 0 Å². The minimum absolute atomic E-state index is 0.0353. The van der Waals surface area contributed by atoms with Gasteiger partial charge in [0.2, 0.25) is 0 Å². The predicted octanol–water partition coefficient (Wildman–Crippen LogP) is 1.83. The molecule has 70 valence electrons. The summed E-state index contributed by atoms with van der Waals surface area (Å²) >= 11 is 1.96. The van der Waals surface area contributed by atoms with Gasteiger partial charge in [0.15, 0.2) is 5.78 Å². The minimum atomic E-state index is 0.0353. The van der Waals surface area contributed by atoms with Gasteiger partial charge in [0, 0.05) is 24.3 Å². The highest BCUT2D eigenvalue weighted by atomic mass is 32.2. The van der Waals surface area contributed by atoms with Gasteiger partial charge in [-0.3, -0.25) is 9.89 Å².